The van der Waals surface area contributed by atoms with Gasteiger partial charge in [0.15, 0.2) is 0 Å². The number of fused-ring (bicyclic) bond motifs is 5. The quantitative estimate of drug-likeness (QED) is 0.216. The van der Waals surface area contributed by atoms with E-state index in [4.69, 9.17) is 0 Å². The van der Waals surface area contributed by atoms with Gasteiger partial charge in [-0.25, -0.2) is 0 Å². The predicted molar refractivity (Wildman–Crippen MR) is 174 cm³/mol. The van der Waals surface area contributed by atoms with Crippen molar-refractivity contribution in [1.29, 1.82) is 0 Å². The van der Waals surface area contributed by atoms with E-state index in [-0.39, 0.29) is 10.8 Å². The third-order valence-corrected chi connectivity index (χ3v) is 9.62. The molecule has 198 valence electrons. The second kappa shape index (κ2) is 8.44. The van der Waals surface area contributed by atoms with Gasteiger partial charge in [-0.2, -0.15) is 0 Å². The molecule has 8 rings (SSSR count). The molecule has 0 bridgehead atoms. The van der Waals surface area contributed by atoms with Crippen molar-refractivity contribution < 1.29 is 0 Å². The Morgan fingerprint density at radius 3 is 1.61 bits per heavy atom. The smallest absolute Gasteiger partial charge is 0.0543 e. The molecule has 0 aliphatic carbocycles. The van der Waals surface area contributed by atoms with Gasteiger partial charge in [-0.15, -0.1) is 0 Å². The summed E-state index contributed by atoms with van der Waals surface area (Å²) >= 11 is 0. The van der Waals surface area contributed by atoms with Gasteiger partial charge in [0.2, 0.25) is 0 Å². The molecule has 2 aliphatic rings. The van der Waals surface area contributed by atoms with Crippen molar-refractivity contribution in [1.82, 2.24) is 0 Å². The summed E-state index contributed by atoms with van der Waals surface area (Å²) in [5.74, 6) is 0. The largest absolute Gasteiger partial charge is 0.309 e. The van der Waals surface area contributed by atoms with Crippen LogP contribution in [-0.2, 0) is 10.8 Å². The van der Waals surface area contributed by atoms with Gasteiger partial charge in [0.1, 0.15) is 0 Å². The van der Waals surface area contributed by atoms with E-state index in [1.165, 1.54) is 72.3 Å². The molecule has 6 aromatic rings. The fourth-order valence-electron chi connectivity index (χ4n) is 7.30. The lowest BCUT2D eigenvalue weighted by molar-refractivity contribution is 0.597. The lowest BCUT2D eigenvalue weighted by Crippen LogP contribution is -2.38. The van der Waals surface area contributed by atoms with Crippen molar-refractivity contribution in [2.24, 2.45) is 0 Å². The van der Waals surface area contributed by atoms with E-state index in [0.717, 1.165) is 0 Å². The van der Waals surface area contributed by atoms with Crippen LogP contribution >= 0.6 is 0 Å². The minimum absolute atomic E-state index is 0.0581. The number of benzene rings is 6. The van der Waals surface area contributed by atoms with Gasteiger partial charge in [0.25, 0.3) is 0 Å². The maximum Gasteiger partial charge on any atom is 0.0543 e. The molecule has 1 heteroatoms. The molecule has 0 saturated heterocycles. The Kier molecular flexibility index (Phi) is 4.98. The van der Waals surface area contributed by atoms with Crippen LogP contribution in [0.4, 0.5) is 17.1 Å². The molecule has 0 aromatic heterocycles. The highest BCUT2D eigenvalue weighted by molar-refractivity contribution is 5.95. The summed E-state index contributed by atoms with van der Waals surface area (Å²) < 4.78 is 0. The zero-order chi connectivity index (χ0) is 27.9. The first-order valence-corrected chi connectivity index (χ1v) is 14.6. The molecule has 6 aromatic carbocycles. The fourth-order valence-corrected chi connectivity index (χ4v) is 7.30. The normalized spacial score (nSPS) is 15.7. The number of para-hydroxylation sites is 2. The van der Waals surface area contributed by atoms with Crippen molar-refractivity contribution in [3.63, 3.8) is 0 Å². The van der Waals surface area contributed by atoms with E-state index in [0.29, 0.717) is 0 Å². The molecule has 0 N–H and O–H groups in total. The summed E-state index contributed by atoms with van der Waals surface area (Å²) in [7, 11) is 0. The molecule has 0 fully saturated rings. The molecule has 0 radical (unpaired) electrons. The van der Waals surface area contributed by atoms with E-state index >= 15 is 0 Å². The molecule has 41 heavy (non-hydrogen) atoms. The maximum atomic E-state index is 2.53. The van der Waals surface area contributed by atoms with Gasteiger partial charge in [0, 0.05) is 10.8 Å². The molecule has 2 aliphatic heterocycles. The maximum absolute atomic E-state index is 2.53. The van der Waals surface area contributed by atoms with Gasteiger partial charge >= 0.3 is 0 Å². The highest BCUT2D eigenvalue weighted by Gasteiger charge is 2.45. The summed E-state index contributed by atoms with van der Waals surface area (Å²) in [5.41, 5.74) is 14.3. The highest BCUT2D eigenvalue weighted by Crippen LogP contribution is 2.60. The third kappa shape index (κ3) is 3.42. The molecular formula is C40H33N. The standard InChI is InChI=1S/C40H33N/c1-39(2)32-13-8-9-16-36(32)41-37-22-21-31(25-35(37)40(3,4)34-15-10-14-33(39)38(34)41)30-20-19-28-23-27(17-18-29(28)24-30)26-11-6-5-7-12-26/h5-25H,1-4H3. The van der Waals surface area contributed by atoms with Crippen LogP contribution in [0.15, 0.2) is 127 Å². The number of anilines is 3. The average molecular weight is 528 g/mol. The van der Waals surface area contributed by atoms with Gasteiger partial charge in [0.05, 0.1) is 17.1 Å². The molecule has 2 heterocycles. The second-order valence-electron chi connectivity index (χ2n) is 12.7. The summed E-state index contributed by atoms with van der Waals surface area (Å²) in [6.45, 7) is 9.52. The monoisotopic (exact) mass is 527 g/mol. The first-order chi connectivity index (χ1) is 19.8. The first-order valence-electron chi connectivity index (χ1n) is 14.6. The zero-order valence-electron chi connectivity index (χ0n) is 24.1. The number of hydrogen-bond donors (Lipinski definition) is 0. The van der Waals surface area contributed by atoms with Gasteiger partial charge in [-0.3, -0.25) is 0 Å². The minimum atomic E-state index is -0.128. The van der Waals surface area contributed by atoms with Crippen LogP contribution in [0, 0.1) is 0 Å². The molecule has 0 saturated carbocycles. The molecule has 0 spiro atoms. The van der Waals surface area contributed by atoms with Crippen molar-refractivity contribution in [3.8, 4) is 22.3 Å². The van der Waals surface area contributed by atoms with Gasteiger partial charge in [-0.05, 0) is 85.6 Å². The van der Waals surface area contributed by atoms with Gasteiger partial charge in [-0.1, -0.05) is 125 Å². The van der Waals surface area contributed by atoms with Crippen molar-refractivity contribution in [2.45, 2.75) is 38.5 Å². The van der Waals surface area contributed by atoms with Crippen LogP contribution in [0.2, 0.25) is 0 Å². The third-order valence-electron chi connectivity index (χ3n) is 9.62. The van der Waals surface area contributed by atoms with Crippen molar-refractivity contribution in [2.75, 3.05) is 4.90 Å². The summed E-state index contributed by atoms with van der Waals surface area (Å²) in [4.78, 5) is 2.53. The molecule has 0 unspecified atom stereocenters. The zero-order valence-corrected chi connectivity index (χ0v) is 24.1. The topological polar surface area (TPSA) is 3.24 Å². The Labute approximate surface area is 242 Å². The van der Waals surface area contributed by atoms with E-state index < -0.39 is 0 Å². The van der Waals surface area contributed by atoms with Crippen LogP contribution in [0.5, 0.6) is 0 Å². The predicted octanol–water partition coefficient (Wildman–Crippen LogP) is 10.9. The number of nitrogens with zero attached hydrogens (tertiary/aromatic N) is 1. The second-order valence-corrected chi connectivity index (χ2v) is 12.7. The summed E-state index contributed by atoms with van der Waals surface area (Å²) in [6, 6.07) is 47.3. The highest BCUT2D eigenvalue weighted by atomic mass is 15.2. The first kappa shape index (κ1) is 24.2. The minimum Gasteiger partial charge on any atom is -0.309 e. The fraction of sp³-hybridized carbons (Fsp3) is 0.150. The van der Waals surface area contributed by atoms with Crippen molar-refractivity contribution >= 4 is 27.8 Å². The van der Waals surface area contributed by atoms with E-state index in [1.807, 2.05) is 0 Å². The molecule has 0 amide bonds. The molecule has 1 nitrogen and oxygen atoms in total. The molecule has 0 atom stereocenters. The van der Waals surface area contributed by atoms with E-state index in [9.17, 15) is 0 Å². The van der Waals surface area contributed by atoms with Crippen LogP contribution < -0.4 is 4.90 Å². The lowest BCUT2D eigenvalue weighted by atomic mass is 9.66. The van der Waals surface area contributed by atoms with Crippen LogP contribution in [0.3, 0.4) is 0 Å². The van der Waals surface area contributed by atoms with Crippen LogP contribution in [-0.4, -0.2) is 0 Å². The van der Waals surface area contributed by atoms with Crippen LogP contribution in [0.1, 0.15) is 49.9 Å². The van der Waals surface area contributed by atoms with E-state index in [1.54, 1.807) is 0 Å². The van der Waals surface area contributed by atoms with Crippen molar-refractivity contribution in [3.05, 3.63) is 150 Å². The number of hydrogen-bond acceptors (Lipinski definition) is 1. The Morgan fingerprint density at radius 2 is 0.902 bits per heavy atom. The summed E-state index contributed by atoms with van der Waals surface area (Å²) in [5, 5.41) is 2.53. The Bertz CT molecular complexity index is 1990. The lowest BCUT2D eigenvalue weighted by Gasteiger charge is -2.49. The SMILES string of the molecule is CC1(C)c2ccccc2N2c3ccc(-c4ccc5cc(-c6ccccc6)ccc5c4)cc3C(C)(C)c3cccc1c32. The molecular weight excluding hydrogens is 494 g/mol. The number of rotatable bonds is 2. The van der Waals surface area contributed by atoms with Crippen LogP contribution in [0.25, 0.3) is 33.0 Å². The Morgan fingerprint density at radius 1 is 0.390 bits per heavy atom. The Balaban J connectivity index is 1.28. The average Bonchev–Trinajstić information content (AvgIpc) is 3.00. The summed E-state index contributed by atoms with van der Waals surface area (Å²) in [6.07, 6.45) is 0. The Hall–Kier alpha value is -4.62. The van der Waals surface area contributed by atoms with Gasteiger partial charge < -0.3 is 4.90 Å². The van der Waals surface area contributed by atoms with E-state index in [2.05, 4.69) is 160 Å².